The van der Waals surface area contributed by atoms with Crippen molar-refractivity contribution in [2.75, 3.05) is 0 Å². The van der Waals surface area contributed by atoms with E-state index in [9.17, 15) is 0 Å². The van der Waals surface area contributed by atoms with Crippen LogP contribution in [-0.4, -0.2) is 8.75 Å². The second-order valence-electron chi connectivity index (χ2n) is 1.05. The summed E-state index contributed by atoms with van der Waals surface area (Å²) in [6.45, 7) is 9.92. The molecule has 10 heavy (non-hydrogen) atoms. The van der Waals surface area contributed by atoms with Crippen molar-refractivity contribution in [1.82, 2.24) is 8.75 Å². The standard InChI is InChI=1S/C3H4N2S.2C2H6/c1-3-2-4-6-5-3;2*1-2/h2H,1H3;2*1-2H3. The molecule has 0 spiro atoms. The summed E-state index contributed by atoms with van der Waals surface area (Å²) >= 11 is 1.24. The fourth-order valence-corrected chi connectivity index (χ4v) is 0.634. The summed E-state index contributed by atoms with van der Waals surface area (Å²) < 4.78 is 7.60. The minimum Gasteiger partial charge on any atom is -0.181 e. The van der Waals surface area contributed by atoms with E-state index in [0.29, 0.717) is 0 Å². The Bertz CT molecular complexity index is 115. The molecular weight excluding hydrogens is 144 g/mol. The first-order chi connectivity index (χ1) is 4.89. The molecule has 60 valence electrons. The van der Waals surface area contributed by atoms with Crippen molar-refractivity contribution in [3.63, 3.8) is 0 Å². The van der Waals surface area contributed by atoms with Gasteiger partial charge in [0.25, 0.3) is 0 Å². The Morgan fingerprint density at radius 1 is 1.20 bits per heavy atom. The minimum atomic E-state index is 1.00. The van der Waals surface area contributed by atoms with Gasteiger partial charge in [0.2, 0.25) is 0 Å². The molecule has 0 radical (unpaired) electrons. The van der Waals surface area contributed by atoms with Crippen LogP contribution in [0.1, 0.15) is 33.4 Å². The molecule has 0 bridgehead atoms. The SMILES string of the molecule is CC.CC.Cc1cnsn1. The first-order valence-electron chi connectivity index (χ1n) is 3.64. The van der Waals surface area contributed by atoms with Crippen LogP contribution in [0, 0.1) is 6.92 Å². The largest absolute Gasteiger partial charge is 0.181 e. The topological polar surface area (TPSA) is 25.8 Å². The molecule has 1 aromatic rings. The average Bonchev–Trinajstić information content (AvgIpc) is 2.48. The van der Waals surface area contributed by atoms with Crippen molar-refractivity contribution in [3.05, 3.63) is 11.9 Å². The molecule has 3 heteroatoms. The summed E-state index contributed by atoms with van der Waals surface area (Å²) in [5.41, 5.74) is 1.00. The zero-order valence-electron chi connectivity index (χ0n) is 7.38. The normalized spacial score (nSPS) is 6.50. The van der Waals surface area contributed by atoms with Gasteiger partial charge in [0.1, 0.15) is 0 Å². The van der Waals surface area contributed by atoms with E-state index >= 15 is 0 Å². The predicted octanol–water partition coefficient (Wildman–Crippen LogP) is 2.90. The van der Waals surface area contributed by atoms with E-state index in [1.807, 2.05) is 34.6 Å². The van der Waals surface area contributed by atoms with E-state index in [2.05, 4.69) is 8.75 Å². The van der Waals surface area contributed by atoms with Crippen molar-refractivity contribution < 1.29 is 0 Å². The third kappa shape index (κ3) is 7.56. The smallest absolute Gasteiger partial charge is 0.0712 e. The number of hydrogen-bond acceptors (Lipinski definition) is 3. The van der Waals surface area contributed by atoms with Gasteiger partial charge in [-0.25, -0.2) is 0 Å². The number of rotatable bonds is 0. The van der Waals surface area contributed by atoms with E-state index in [4.69, 9.17) is 0 Å². The zero-order chi connectivity index (χ0) is 8.41. The van der Waals surface area contributed by atoms with Gasteiger partial charge in [-0.1, -0.05) is 27.7 Å². The van der Waals surface area contributed by atoms with Crippen LogP contribution in [0.15, 0.2) is 6.20 Å². The maximum absolute atomic E-state index is 3.85. The van der Waals surface area contributed by atoms with Crippen LogP contribution >= 0.6 is 11.7 Å². The molecule has 1 rings (SSSR count). The summed E-state index contributed by atoms with van der Waals surface area (Å²) in [7, 11) is 0. The van der Waals surface area contributed by atoms with E-state index in [-0.39, 0.29) is 0 Å². The first-order valence-corrected chi connectivity index (χ1v) is 4.37. The molecule has 0 aliphatic carbocycles. The van der Waals surface area contributed by atoms with Crippen LogP contribution in [0.3, 0.4) is 0 Å². The molecule has 1 heterocycles. The number of aryl methyl sites for hydroxylation is 1. The molecule has 0 atom stereocenters. The van der Waals surface area contributed by atoms with Crippen LogP contribution in [0.2, 0.25) is 0 Å². The number of hydrogen-bond donors (Lipinski definition) is 0. The van der Waals surface area contributed by atoms with E-state index in [1.165, 1.54) is 11.7 Å². The molecular formula is C7H16N2S. The van der Waals surface area contributed by atoms with Gasteiger partial charge in [-0.3, -0.25) is 0 Å². The van der Waals surface area contributed by atoms with Gasteiger partial charge in [0.05, 0.1) is 23.6 Å². The Hall–Kier alpha value is -0.440. The maximum atomic E-state index is 3.85. The Morgan fingerprint density at radius 2 is 1.70 bits per heavy atom. The van der Waals surface area contributed by atoms with Crippen molar-refractivity contribution >= 4 is 11.7 Å². The highest BCUT2D eigenvalue weighted by atomic mass is 32.1. The van der Waals surface area contributed by atoms with Crippen molar-refractivity contribution in [1.29, 1.82) is 0 Å². The molecule has 1 aromatic heterocycles. The molecule has 0 saturated heterocycles. The highest BCUT2D eigenvalue weighted by molar-refractivity contribution is 6.99. The Balaban J connectivity index is 0. The minimum absolute atomic E-state index is 1.00. The fourth-order valence-electron chi connectivity index (χ4n) is 0.211. The summed E-state index contributed by atoms with van der Waals surface area (Å²) in [6, 6.07) is 0. The fraction of sp³-hybridized carbons (Fsp3) is 0.714. The lowest BCUT2D eigenvalue weighted by Gasteiger charge is -1.61. The average molecular weight is 160 g/mol. The molecule has 0 aliphatic heterocycles. The van der Waals surface area contributed by atoms with Gasteiger partial charge in [0, 0.05) is 0 Å². The van der Waals surface area contributed by atoms with E-state index in [1.54, 1.807) is 6.20 Å². The lowest BCUT2D eigenvalue weighted by atomic mass is 10.6. The lowest BCUT2D eigenvalue weighted by molar-refractivity contribution is 1.33. The molecule has 2 nitrogen and oxygen atoms in total. The van der Waals surface area contributed by atoms with Crippen LogP contribution in [0.4, 0.5) is 0 Å². The molecule has 0 aliphatic rings. The third-order valence-corrected chi connectivity index (χ3v) is 1.04. The zero-order valence-corrected chi connectivity index (χ0v) is 8.20. The summed E-state index contributed by atoms with van der Waals surface area (Å²) in [5, 5.41) is 0. The predicted molar refractivity (Wildman–Crippen MR) is 47.3 cm³/mol. The highest BCUT2D eigenvalue weighted by Crippen LogP contribution is 1.87. The number of nitrogens with zero attached hydrogens (tertiary/aromatic N) is 2. The van der Waals surface area contributed by atoms with Gasteiger partial charge in [-0.05, 0) is 6.92 Å². The molecule has 0 unspecified atom stereocenters. The van der Waals surface area contributed by atoms with Gasteiger partial charge >= 0.3 is 0 Å². The molecule has 0 N–H and O–H groups in total. The monoisotopic (exact) mass is 160 g/mol. The third-order valence-electron chi connectivity index (χ3n) is 0.471. The Labute approximate surface area is 67.6 Å². The molecule has 0 amide bonds. The highest BCUT2D eigenvalue weighted by Gasteiger charge is 1.78. The Kier molecular flexibility index (Phi) is 13.9. The van der Waals surface area contributed by atoms with Crippen LogP contribution < -0.4 is 0 Å². The van der Waals surface area contributed by atoms with Gasteiger partial charge in [-0.2, -0.15) is 8.75 Å². The van der Waals surface area contributed by atoms with Crippen molar-refractivity contribution in [3.8, 4) is 0 Å². The summed E-state index contributed by atoms with van der Waals surface area (Å²) in [6.07, 6.45) is 1.74. The molecule has 0 aromatic carbocycles. The quantitative estimate of drug-likeness (QED) is 0.583. The lowest BCUT2D eigenvalue weighted by Crippen LogP contribution is -1.58. The van der Waals surface area contributed by atoms with Gasteiger partial charge in [-0.15, -0.1) is 0 Å². The maximum Gasteiger partial charge on any atom is 0.0712 e. The first kappa shape index (κ1) is 12.3. The number of aromatic nitrogens is 2. The van der Waals surface area contributed by atoms with Crippen molar-refractivity contribution in [2.45, 2.75) is 34.6 Å². The van der Waals surface area contributed by atoms with Crippen LogP contribution in [-0.2, 0) is 0 Å². The van der Waals surface area contributed by atoms with Crippen LogP contribution in [0.5, 0.6) is 0 Å². The second kappa shape index (κ2) is 11.4. The van der Waals surface area contributed by atoms with E-state index in [0.717, 1.165) is 5.69 Å². The molecule has 0 saturated carbocycles. The van der Waals surface area contributed by atoms with Gasteiger partial charge in [0.15, 0.2) is 0 Å². The molecule has 0 fully saturated rings. The van der Waals surface area contributed by atoms with Crippen LogP contribution in [0.25, 0.3) is 0 Å². The Morgan fingerprint density at radius 3 is 1.80 bits per heavy atom. The van der Waals surface area contributed by atoms with Gasteiger partial charge < -0.3 is 0 Å². The van der Waals surface area contributed by atoms with Crippen molar-refractivity contribution in [2.24, 2.45) is 0 Å². The van der Waals surface area contributed by atoms with E-state index < -0.39 is 0 Å². The summed E-state index contributed by atoms with van der Waals surface area (Å²) in [5.74, 6) is 0. The second-order valence-corrected chi connectivity index (χ2v) is 1.61. The summed E-state index contributed by atoms with van der Waals surface area (Å²) in [4.78, 5) is 0.